The molecule has 2 aliphatic rings. The molecule has 2 aliphatic carbocycles. The van der Waals surface area contributed by atoms with Crippen LogP contribution in [0.4, 0.5) is 14.6 Å². The molecule has 7 nitrogen and oxygen atoms in total. The number of fused-ring (bicyclic) bond motifs is 3. The first-order valence-corrected chi connectivity index (χ1v) is 11.9. The van der Waals surface area contributed by atoms with Crippen molar-refractivity contribution in [1.29, 1.82) is 0 Å². The van der Waals surface area contributed by atoms with Crippen molar-refractivity contribution in [2.45, 2.75) is 57.5 Å². The fraction of sp³-hybridized carbons (Fsp3) is 0.385. The number of imidazole rings is 1. The van der Waals surface area contributed by atoms with Gasteiger partial charge in [-0.15, -0.1) is 0 Å². The molecule has 2 fully saturated rings. The zero-order valence-corrected chi connectivity index (χ0v) is 19.4. The van der Waals surface area contributed by atoms with E-state index in [9.17, 15) is 18.7 Å². The predicted molar refractivity (Wildman–Crippen MR) is 127 cm³/mol. The lowest BCUT2D eigenvalue weighted by molar-refractivity contribution is -0.119. The zero-order valence-electron chi connectivity index (χ0n) is 19.4. The van der Waals surface area contributed by atoms with Crippen molar-refractivity contribution >= 4 is 28.3 Å². The predicted octanol–water partition coefficient (Wildman–Crippen LogP) is 5.17. The van der Waals surface area contributed by atoms with Crippen LogP contribution < -0.4 is 5.32 Å². The molecule has 2 N–H and O–H groups in total. The molecule has 2 unspecified atom stereocenters. The van der Waals surface area contributed by atoms with Crippen molar-refractivity contribution in [3.8, 4) is 11.1 Å². The highest BCUT2D eigenvalue weighted by Gasteiger charge is 2.61. The first-order chi connectivity index (χ1) is 16.7. The number of halogens is 2. The molecule has 180 valence electrons. The number of aryl methyl sites for hydroxylation is 1. The molecule has 35 heavy (non-hydrogen) atoms. The van der Waals surface area contributed by atoms with Crippen LogP contribution in [-0.4, -0.2) is 36.3 Å². The summed E-state index contributed by atoms with van der Waals surface area (Å²) in [6.45, 7) is 3.89. The van der Waals surface area contributed by atoms with Crippen molar-refractivity contribution in [3.05, 3.63) is 53.7 Å². The van der Waals surface area contributed by atoms with E-state index in [1.165, 1.54) is 0 Å². The SMILES string of the molecule is CCC(O)c1cc(C)c(-c2cc3cnc(NC(=O)C4CC4(F)F)cc3n3cc(C4CC4)nc23)cn1. The number of nitrogens with zero attached hydrogens (tertiary/aromatic N) is 4. The Bertz CT molecular complexity index is 1490. The van der Waals surface area contributed by atoms with Crippen LogP contribution in [0.1, 0.15) is 61.6 Å². The number of anilines is 1. The third-order valence-electron chi connectivity index (χ3n) is 6.98. The Hall–Kier alpha value is -3.46. The number of carbonyl (C=O) groups is 1. The highest BCUT2D eigenvalue weighted by atomic mass is 19.3. The normalized spacial score (nSPS) is 19.7. The van der Waals surface area contributed by atoms with Crippen LogP contribution in [0.15, 0.2) is 36.8 Å². The van der Waals surface area contributed by atoms with Gasteiger partial charge in [-0.3, -0.25) is 14.2 Å². The highest BCUT2D eigenvalue weighted by Crippen LogP contribution is 2.49. The Morgan fingerprint density at radius 1 is 1.23 bits per heavy atom. The molecule has 4 aromatic heterocycles. The van der Waals surface area contributed by atoms with Crippen LogP contribution in [0, 0.1) is 12.8 Å². The van der Waals surface area contributed by atoms with E-state index in [0.717, 1.165) is 51.8 Å². The van der Waals surface area contributed by atoms with Gasteiger partial charge >= 0.3 is 0 Å². The lowest BCUT2D eigenvalue weighted by Gasteiger charge is -2.14. The second kappa shape index (κ2) is 7.78. The standard InChI is InChI=1S/C26H25F2N5O2/c1-3-22(34)19-6-13(2)17(11-29-19)16-7-15-10-30-23(32-25(35)18-9-26(18,27)28)8-21(15)33-12-20(14-4-5-14)31-24(16)33/h6-8,10-12,14,18,22,34H,3-5,9H2,1-2H3,(H,30,32,35). The average Bonchev–Trinajstić information content (AvgIpc) is 3.74. The number of alkyl halides is 2. The molecule has 6 rings (SSSR count). The molecule has 4 aromatic rings. The van der Waals surface area contributed by atoms with Crippen molar-refractivity contribution in [2.24, 2.45) is 5.92 Å². The fourth-order valence-corrected chi connectivity index (χ4v) is 4.57. The van der Waals surface area contributed by atoms with Gasteiger partial charge in [-0.25, -0.2) is 18.7 Å². The maximum absolute atomic E-state index is 13.3. The summed E-state index contributed by atoms with van der Waals surface area (Å²) in [7, 11) is 0. The zero-order chi connectivity index (χ0) is 24.5. The minimum absolute atomic E-state index is 0.233. The maximum atomic E-state index is 13.3. The summed E-state index contributed by atoms with van der Waals surface area (Å²) in [4.78, 5) is 25.9. The maximum Gasteiger partial charge on any atom is 0.260 e. The average molecular weight is 478 g/mol. The summed E-state index contributed by atoms with van der Waals surface area (Å²) in [5.41, 5.74) is 5.94. The van der Waals surface area contributed by atoms with Gasteiger partial charge in [-0.2, -0.15) is 0 Å². The minimum atomic E-state index is -2.93. The molecule has 9 heteroatoms. The van der Waals surface area contributed by atoms with Gasteiger partial charge in [-0.05, 0) is 43.9 Å². The molecule has 0 aliphatic heterocycles. The van der Waals surface area contributed by atoms with Gasteiger partial charge in [0.15, 0.2) is 0 Å². The first kappa shape index (κ1) is 22.0. The summed E-state index contributed by atoms with van der Waals surface area (Å²) in [5.74, 6) is -4.27. The van der Waals surface area contributed by atoms with E-state index in [1.807, 2.05) is 36.6 Å². The van der Waals surface area contributed by atoms with Crippen LogP contribution in [0.5, 0.6) is 0 Å². The number of aromatic nitrogens is 4. The van der Waals surface area contributed by atoms with Crippen LogP contribution in [0.3, 0.4) is 0 Å². The van der Waals surface area contributed by atoms with E-state index >= 15 is 0 Å². The van der Waals surface area contributed by atoms with Crippen molar-refractivity contribution in [1.82, 2.24) is 19.4 Å². The largest absolute Gasteiger partial charge is 0.387 e. The number of rotatable bonds is 6. The third-order valence-corrected chi connectivity index (χ3v) is 6.98. The van der Waals surface area contributed by atoms with Crippen LogP contribution >= 0.6 is 0 Å². The summed E-state index contributed by atoms with van der Waals surface area (Å²) >= 11 is 0. The Morgan fingerprint density at radius 3 is 2.66 bits per heavy atom. The van der Waals surface area contributed by atoms with Gasteiger partial charge in [0.1, 0.15) is 17.4 Å². The van der Waals surface area contributed by atoms with Crippen LogP contribution in [0.25, 0.3) is 27.7 Å². The van der Waals surface area contributed by atoms with Gasteiger partial charge in [0.25, 0.3) is 5.92 Å². The van der Waals surface area contributed by atoms with E-state index in [2.05, 4.69) is 15.3 Å². The van der Waals surface area contributed by atoms with Crippen molar-refractivity contribution in [2.75, 3.05) is 5.32 Å². The van der Waals surface area contributed by atoms with E-state index < -0.39 is 30.3 Å². The molecule has 0 bridgehead atoms. The van der Waals surface area contributed by atoms with Crippen molar-refractivity contribution in [3.63, 3.8) is 0 Å². The molecule has 4 heterocycles. The summed E-state index contributed by atoms with van der Waals surface area (Å²) < 4.78 is 28.6. The molecule has 0 saturated heterocycles. The first-order valence-electron chi connectivity index (χ1n) is 11.9. The Labute approximate surface area is 200 Å². The lowest BCUT2D eigenvalue weighted by atomic mass is 10.0. The van der Waals surface area contributed by atoms with E-state index in [0.29, 0.717) is 18.0 Å². The Kier molecular flexibility index (Phi) is 4.90. The van der Waals surface area contributed by atoms with Crippen LogP contribution in [-0.2, 0) is 4.79 Å². The van der Waals surface area contributed by atoms with E-state index in [-0.39, 0.29) is 5.82 Å². The summed E-state index contributed by atoms with van der Waals surface area (Å²) in [5, 5.41) is 13.6. The number of nitrogens with one attached hydrogen (secondary N) is 1. The number of aliphatic hydroxyl groups excluding tert-OH is 1. The molecule has 0 aromatic carbocycles. The fourth-order valence-electron chi connectivity index (χ4n) is 4.57. The molecule has 1 amide bonds. The quantitative estimate of drug-likeness (QED) is 0.400. The number of pyridine rings is 3. The molecule has 2 saturated carbocycles. The number of amides is 1. The molecule has 0 spiro atoms. The van der Waals surface area contributed by atoms with Crippen molar-refractivity contribution < 1.29 is 18.7 Å². The topological polar surface area (TPSA) is 92.4 Å². The smallest absolute Gasteiger partial charge is 0.260 e. The second-order valence-electron chi connectivity index (χ2n) is 9.68. The van der Waals surface area contributed by atoms with Gasteiger partial charge in [0, 0.05) is 53.5 Å². The number of aliphatic hydroxyl groups is 1. The monoisotopic (exact) mass is 477 g/mol. The molecular weight excluding hydrogens is 452 g/mol. The van der Waals surface area contributed by atoms with Gasteiger partial charge in [0.2, 0.25) is 5.91 Å². The highest BCUT2D eigenvalue weighted by molar-refractivity contribution is 5.97. The van der Waals surface area contributed by atoms with Gasteiger partial charge in [-0.1, -0.05) is 6.92 Å². The Morgan fingerprint density at radius 2 is 2.00 bits per heavy atom. The van der Waals surface area contributed by atoms with Gasteiger partial charge < -0.3 is 10.4 Å². The lowest BCUT2D eigenvalue weighted by Crippen LogP contribution is -2.18. The number of hydrogen-bond donors (Lipinski definition) is 2. The van der Waals surface area contributed by atoms with E-state index in [4.69, 9.17) is 4.98 Å². The molecule has 0 radical (unpaired) electrons. The third kappa shape index (κ3) is 3.83. The number of carbonyl (C=O) groups excluding carboxylic acids is 1. The van der Waals surface area contributed by atoms with Crippen LogP contribution in [0.2, 0.25) is 0 Å². The Balaban J connectivity index is 1.46. The minimum Gasteiger partial charge on any atom is -0.387 e. The summed E-state index contributed by atoms with van der Waals surface area (Å²) in [6.07, 6.45) is 7.16. The number of hydrogen-bond acceptors (Lipinski definition) is 5. The summed E-state index contributed by atoms with van der Waals surface area (Å²) in [6, 6.07) is 5.59. The van der Waals surface area contributed by atoms with E-state index in [1.54, 1.807) is 18.5 Å². The molecule has 2 atom stereocenters. The van der Waals surface area contributed by atoms with Gasteiger partial charge in [0.05, 0.1) is 23.0 Å². The molecular formula is C26H25F2N5O2. The second-order valence-corrected chi connectivity index (χ2v) is 9.68.